The van der Waals surface area contributed by atoms with Crippen LogP contribution in [0, 0.1) is 18.3 Å². The highest BCUT2D eigenvalue weighted by Crippen LogP contribution is 2.38. The molecule has 0 fully saturated rings. The number of allylic oxidation sites excluding steroid dienone is 1. The number of aromatic nitrogens is 1. The van der Waals surface area contributed by atoms with Crippen LogP contribution < -0.4 is 9.47 Å². The second kappa shape index (κ2) is 5.27. The first kappa shape index (κ1) is 13.2. The minimum Gasteiger partial charge on any atom is -0.454 e. The van der Waals surface area contributed by atoms with E-state index in [4.69, 9.17) is 9.47 Å². The van der Waals surface area contributed by atoms with Crippen molar-refractivity contribution in [2.45, 2.75) is 6.92 Å². The smallest absolute Gasteiger partial charge is 0.231 e. The third-order valence-electron chi connectivity index (χ3n) is 2.76. The zero-order chi connectivity index (χ0) is 14.1. The van der Waals surface area contributed by atoms with Crippen molar-refractivity contribution in [3.05, 3.63) is 38.3 Å². The standard InChI is InChI=1S/C14H9BrN2O2S/c1-8-6-20-14(17-8)10(5-16)2-9-3-12-13(4-11(9)15)19-7-18-12/h2-4,6H,7H2,1H3/b10-2+. The topological polar surface area (TPSA) is 55.1 Å². The number of aryl methyl sites for hydroxylation is 1. The van der Waals surface area contributed by atoms with E-state index in [1.165, 1.54) is 11.3 Å². The fraction of sp³-hybridized carbons (Fsp3) is 0.143. The van der Waals surface area contributed by atoms with Crippen LogP contribution in [0.15, 0.2) is 22.0 Å². The highest BCUT2D eigenvalue weighted by molar-refractivity contribution is 9.10. The molecule has 0 radical (unpaired) electrons. The average molecular weight is 349 g/mol. The molecule has 20 heavy (non-hydrogen) atoms. The Labute approximate surface area is 128 Å². The van der Waals surface area contributed by atoms with Crippen LogP contribution in [0.4, 0.5) is 0 Å². The van der Waals surface area contributed by atoms with E-state index in [2.05, 4.69) is 27.0 Å². The summed E-state index contributed by atoms with van der Waals surface area (Å²) in [4.78, 5) is 4.34. The predicted octanol–water partition coefficient (Wildman–Crippen LogP) is 4.01. The van der Waals surface area contributed by atoms with E-state index >= 15 is 0 Å². The molecule has 3 rings (SSSR count). The van der Waals surface area contributed by atoms with Crippen LogP contribution in [-0.2, 0) is 0 Å². The van der Waals surface area contributed by atoms with Crippen LogP contribution in [0.2, 0.25) is 0 Å². The molecule has 1 aromatic carbocycles. The van der Waals surface area contributed by atoms with Crippen LogP contribution in [0.5, 0.6) is 11.5 Å². The van der Waals surface area contributed by atoms with Crippen LogP contribution in [0.3, 0.4) is 0 Å². The van der Waals surface area contributed by atoms with Crippen LogP contribution in [0.25, 0.3) is 11.6 Å². The monoisotopic (exact) mass is 348 g/mol. The van der Waals surface area contributed by atoms with Gasteiger partial charge in [-0.3, -0.25) is 0 Å². The number of nitriles is 1. The van der Waals surface area contributed by atoms with Crippen molar-refractivity contribution in [3.63, 3.8) is 0 Å². The van der Waals surface area contributed by atoms with Crippen molar-refractivity contribution in [2.24, 2.45) is 0 Å². The summed E-state index contributed by atoms with van der Waals surface area (Å²) in [5, 5.41) is 12.0. The maximum Gasteiger partial charge on any atom is 0.231 e. The van der Waals surface area contributed by atoms with E-state index in [0.717, 1.165) is 20.7 Å². The molecule has 1 aliphatic rings. The van der Waals surface area contributed by atoms with Gasteiger partial charge in [0.1, 0.15) is 11.1 Å². The molecule has 0 saturated carbocycles. The van der Waals surface area contributed by atoms with E-state index in [9.17, 15) is 5.26 Å². The van der Waals surface area contributed by atoms with Crippen molar-refractivity contribution >= 4 is 38.9 Å². The van der Waals surface area contributed by atoms with E-state index in [-0.39, 0.29) is 6.79 Å². The van der Waals surface area contributed by atoms with Gasteiger partial charge in [-0.05, 0) is 30.7 Å². The molecule has 0 spiro atoms. The molecule has 6 heteroatoms. The Morgan fingerprint density at radius 3 is 2.85 bits per heavy atom. The summed E-state index contributed by atoms with van der Waals surface area (Å²) in [7, 11) is 0. The van der Waals surface area contributed by atoms with Gasteiger partial charge in [0.2, 0.25) is 6.79 Å². The SMILES string of the molecule is Cc1csc(/C(C#N)=C/c2cc3c(cc2Br)OCO3)n1. The first-order chi connectivity index (χ1) is 9.67. The van der Waals surface area contributed by atoms with Crippen molar-refractivity contribution in [2.75, 3.05) is 6.79 Å². The molecular formula is C14H9BrN2O2S. The minimum absolute atomic E-state index is 0.228. The summed E-state index contributed by atoms with van der Waals surface area (Å²) < 4.78 is 11.5. The number of halogens is 1. The van der Waals surface area contributed by atoms with Crippen molar-refractivity contribution in [1.29, 1.82) is 5.26 Å². The third-order valence-corrected chi connectivity index (χ3v) is 4.44. The highest BCUT2D eigenvalue weighted by Gasteiger charge is 2.16. The molecule has 1 aromatic heterocycles. The number of ether oxygens (including phenoxy) is 2. The molecule has 0 saturated heterocycles. The molecule has 0 amide bonds. The number of thiazole rings is 1. The van der Waals surface area contributed by atoms with Gasteiger partial charge >= 0.3 is 0 Å². The van der Waals surface area contributed by atoms with E-state index in [0.29, 0.717) is 17.1 Å². The number of hydrogen-bond donors (Lipinski definition) is 0. The average Bonchev–Trinajstić information content (AvgIpc) is 3.04. The number of nitrogens with zero attached hydrogens (tertiary/aromatic N) is 2. The van der Waals surface area contributed by atoms with Crippen molar-refractivity contribution < 1.29 is 9.47 Å². The van der Waals surface area contributed by atoms with Gasteiger partial charge in [0.15, 0.2) is 11.5 Å². The lowest BCUT2D eigenvalue weighted by Gasteiger charge is -2.02. The fourth-order valence-electron chi connectivity index (χ4n) is 1.82. The summed E-state index contributed by atoms with van der Waals surface area (Å²) in [6, 6.07) is 5.89. The number of rotatable bonds is 2. The van der Waals surface area contributed by atoms with Gasteiger partial charge in [-0.15, -0.1) is 11.3 Å². The van der Waals surface area contributed by atoms with Crippen LogP contribution in [-0.4, -0.2) is 11.8 Å². The van der Waals surface area contributed by atoms with Crippen LogP contribution in [0.1, 0.15) is 16.3 Å². The third kappa shape index (κ3) is 2.42. The Hall–Kier alpha value is -1.84. The molecule has 2 heterocycles. The summed E-state index contributed by atoms with van der Waals surface area (Å²) in [5.74, 6) is 1.39. The lowest BCUT2D eigenvalue weighted by molar-refractivity contribution is 0.174. The first-order valence-corrected chi connectivity index (χ1v) is 7.48. The Bertz CT molecular complexity index is 746. The first-order valence-electron chi connectivity index (χ1n) is 5.81. The summed E-state index contributed by atoms with van der Waals surface area (Å²) in [6.07, 6.45) is 1.80. The van der Waals surface area contributed by atoms with E-state index < -0.39 is 0 Å². The number of benzene rings is 1. The zero-order valence-corrected chi connectivity index (χ0v) is 12.9. The van der Waals surface area contributed by atoms with Crippen LogP contribution >= 0.6 is 27.3 Å². The molecular weight excluding hydrogens is 340 g/mol. The van der Waals surface area contributed by atoms with Gasteiger partial charge in [0, 0.05) is 15.5 Å². The lowest BCUT2D eigenvalue weighted by Crippen LogP contribution is -1.92. The normalized spacial score (nSPS) is 13.3. The molecule has 1 aliphatic heterocycles. The quantitative estimate of drug-likeness (QED) is 0.769. The molecule has 4 nitrogen and oxygen atoms in total. The van der Waals surface area contributed by atoms with Crippen molar-refractivity contribution in [1.82, 2.24) is 4.98 Å². The predicted molar refractivity (Wildman–Crippen MR) is 80.6 cm³/mol. The van der Waals surface area contributed by atoms with Crippen molar-refractivity contribution in [3.8, 4) is 17.6 Å². The van der Waals surface area contributed by atoms with Gasteiger partial charge in [-0.1, -0.05) is 15.9 Å². The Morgan fingerprint density at radius 1 is 1.45 bits per heavy atom. The number of hydrogen-bond acceptors (Lipinski definition) is 5. The second-order valence-corrected chi connectivity index (χ2v) is 5.90. The van der Waals surface area contributed by atoms with Gasteiger partial charge in [-0.2, -0.15) is 5.26 Å². The summed E-state index contributed by atoms with van der Waals surface area (Å²) >= 11 is 4.94. The molecule has 0 N–H and O–H groups in total. The minimum atomic E-state index is 0.228. The van der Waals surface area contributed by atoms with Gasteiger partial charge in [0.25, 0.3) is 0 Å². The molecule has 0 atom stereocenters. The lowest BCUT2D eigenvalue weighted by atomic mass is 10.1. The maximum atomic E-state index is 9.31. The largest absolute Gasteiger partial charge is 0.454 e. The summed E-state index contributed by atoms with van der Waals surface area (Å²) in [6.45, 7) is 2.14. The second-order valence-electron chi connectivity index (χ2n) is 4.19. The van der Waals surface area contributed by atoms with Gasteiger partial charge in [-0.25, -0.2) is 4.98 Å². The Balaban J connectivity index is 2.04. The van der Waals surface area contributed by atoms with E-state index in [1.807, 2.05) is 24.4 Å². The fourth-order valence-corrected chi connectivity index (χ4v) is 3.02. The Morgan fingerprint density at radius 2 is 2.20 bits per heavy atom. The maximum absolute atomic E-state index is 9.31. The zero-order valence-electron chi connectivity index (χ0n) is 10.5. The molecule has 0 bridgehead atoms. The van der Waals surface area contributed by atoms with E-state index in [1.54, 1.807) is 6.08 Å². The highest BCUT2D eigenvalue weighted by atomic mass is 79.9. The molecule has 0 unspecified atom stereocenters. The molecule has 2 aromatic rings. The number of fused-ring (bicyclic) bond motifs is 1. The molecule has 0 aliphatic carbocycles. The molecule has 100 valence electrons. The van der Waals surface area contributed by atoms with Gasteiger partial charge < -0.3 is 9.47 Å². The summed E-state index contributed by atoms with van der Waals surface area (Å²) in [5.41, 5.74) is 2.30. The van der Waals surface area contributed by atoms with Gasteiger partial charge in [0.05, 0.1) is 5.57 Å². The Kier molecular flexibility index (Phi) is 3.47.